The van der Waals surface area contributed by atoms with Gasteiger partial charge in [-0.25, -0.2) is 0 Å². The van der Waals surface area contributed by atoms with Crippen LogP contribution < -0.4 is 4.90 Å². The van der Waals surface area contributed by atoms with Crippen molar-refractivity contribution < 1.29 is 0 Å². The zero-order valence-corrected chi connectivity index (χ0v) is 24.7. The largest absolute Gasteiger partial charge is 0.310 e. The second-order valence-corrected chi connectivity index (χ2v) is 13.0. The zero-order chi connectivity index (χ0) is 28.3. The first kappa shape index (κ1) is 24.6. The Morgan fingerprint density at radius 3 is 2.09 bits per heavy atom. The van der Waals surface area contributed by atoms with Crippen molar-refractivity contribution in [3.05, 3.63) is 146 Å². The van der Waals surface area contributed by atoms with Gasteiger partial charge >= 0.3 is 0 Å². The third-order valence-electron chi connectivity index (χ3n) is 8.33. The number of fused-ring (bicyclic) bond motifs is 7. The topological polar surface area (TPSA) is 16.1 Å². The summed E-state index contributed by atoms with van der Waals surface area (Å²) < 4.78 is 5.23. The minimum atomic E-state index is 1.14. The van der Waals surface area contributed by atoms with E-state index >= 15 is 0 Å². The second kappa shape index (κ2) is 9.77. The number of aromatic nitrogens is 1. The molecule has 0 amide bonds. The highest BCUT2D eigenvalue weighted by Crippen LogP contribution is 2.43. The number of benzene rings is 6. The molecule has 0 N–H and O–H groups in total. The predicted octanol–water partition coefficient (Wildman–Crippen LogP) is 12.1. The maximum atomic E-state index is 4.33. The Morgan fingerprint density at radius 1 is 0.465 bits per heavy atom. The van der Waals surface area contributed by atoms with Crippen LogP contribution in [0.5, 0.6) is 0 Å². The summed E-state index contributed by atoms with van der Waals surface area (Å²) >= 11 is 3.71. The molecule has 0 atom stereocenters. The number of nitrogens with zero attached hydrogens (tertiary/aromatic N) is 2. The van der Waals surface area contributed by atoms with Crippen molar-refractivity contribution in [1.82, 2.24) is 4.98 Å². The van der Waals surface area contributed by atoms with Gasteiger partial charge in [0.2, 0.25) is 0 Å². The van der Waals surface area contributed by atoms with Crippen molar-refractivity contribution in [1.29, 1.82) is 0 Å². The van der Waals surface area contributed by atoms with Crippen LogP contribution in [0.2, 0.25) is 0 Å². The van der Waals surface area contributed by atoms with E-state index in [4.69, 9.17) is 0 Å². The Labute approximate surface area is 256 Å². The van der Waals surface area contributed by atoms with Gasteiger partial charge in [-0.3, -0.25) is 4.98 Å². The van der Waals surface area contributed by atoms with Gasteiger partial charge in [0.05, 0.1) is 0 Å². The molecule has 2 nitrogen and oxygen atoms in total. The van der Waals surface area contributed by atoms with Gasteiger partial charge in [0, 0.05) is 75.2 Å². The summed E-state index contributed by atoms with van der Waals surface area (Å²) in [7, 11) is 0. The molecule has 202 valence electrons. The first-order valence-corrected chi connectivity index (χ1v) is 16.0. The lowest BCUT2D eigenvalue weighted by molar-refractivity contribution is 1.29. The van der Waals surface area contributed by atoms with Crippen molar-refractivity contribution in [2.24, 2.45) is 0 Å². The molecule has 0 spiro atoms. The Balaban J connectivity index is 1.18. The van der Waals surface area contributed by atoms with E-state index in [2.05, 4.69) is 143 Å². The number of para-hydroxylation sites is 1. The number of pyridine rings is 1. The molecule has 9 rings (SSSR count). The molecule has 0 aliphatic rings. The van der Waals surface area contributed by atoms with Gasteiger partial charge < -0.3 is 4.90 Å². The molecular weight excluding hydrogens is 561 g/mol. The van der Waals surface area contributed by atoms with E-state index in [9.17, 15) is 0 Å². The van der Waals surface area contributed by atoms with E-state index in [1.807, 2.05) is 35.1 Å². The third kappa shape index (κ3) is 4.03. The average molecular weight is 585 g/mol. The second-order valence-electron chi connectivity index (χ2n) is 10.8. The maximum absolute atomic E-state index is 4.33. The lowest BCUT2D eigenvalue weighted by Crippen LogP contribution is -2.09. The molecule has 0 bridgehead atoms. The smallest absolute Gasteiger partial charge is 0.0476 e. The quantitative estimate of drug-likeness (QED) is 0.205. The summed E-state index contributed by atoms with van der Waals surface area (Å²) in [6.07, 6.45) is 3.83. The Kier molecular flexibility index (Phi) is 5.58. The summed E-state index contributed by atoms with van der Waals surface area (Å²) in [6, 6.07) is 48.6. The fourth-order valence-electron chi connectivity index (χ4n) is 6.32. The van der Waals surface area contributed by atoms with Crippen molar-refractivity contribution >= 4 is 90.9 Å². The number of hydrogen-bond acceptors (Lipinski definition) is 4. The Hall–Kier alpha value is -5.03. The van der Waals surface area contributed by atoms with Crippen LogP contribution in [0.15, 0.2) is 146 Å². The Bertz CT molecular complexity index is 2450. The maximum Gasteiger partial charge on any atom is 0.0476 e. The van der Waals surface area contributed by atoms with Crippen molar-refractivity contribution in [3.8, 4) is 11.1 Å². The van der Waals surface area contributed by atoms with Gasteiger partial charge in [0.15, 0.2) is 0 Å². The van der Waals surface area contributed by atoms with Crippen LogP contribution in [-0.2, 0) is 0 Å². The zero-order valence-electron chi connectivity index (χ0n) is 23.1. The van der Waals surface area contributed by atoms with Crippen molar-refractivity contribution in [2.45, 2.75) is 0 Å². The number of anilines is 3. The molecular formula is C39H24N2S2. The number of thiophene rings is 2. The third-order valence-corrected chi connectivity index (χ3v) is 10.6. The van der Waals surface area contributed by atoms with Crippen LogP contribution in [0.3, 0.4) is 0 Å². The number of hydrogen-bond donors (Lipinski definition) is 0. The first-order valence-electron chi connectivity index (χ1n) is 14.4. The van der Waals surface area contributed by atoms with E-state index < -0.39 is 0 Å². The fraction of sp³-hybridized carbons (Fsp3) is 0. The van der Waals surface area contributed by atoms with Gasteiger partial charge in [-0.1, -0.05) is 66.7 Å². The standard InChI is InChI=1S/C39H24N2S2/c1-2-7-28(8-3-1)41(30-17-18-33-32-9-4-5-11-35(32)42-38(33)23-30)29-15-13-25(14-16-29)31-10-6-12-36-39(31)34-21-26-19-20-40-24-27(26)22-37(34)43-36/h1-24H. The highest BCUT2D eigenvalue weighted by Gasteiger charge is 2.16. The molecule has 6 aromatic carbocycles. The van der Waals surface area contributed by atoms with E-state index in [0.717, 1.165) is 17.1 Å². The van der Waals surface area contributed by atoms with Crippen LogP contribution >= 0.6 is 22.7 Å². The van der Waals surface area contributed by atoms with Gasteiger partial charge in [-0.15, -0.1) is 22.7 Å². The van der Waals surface area contributed by atoms with E-state index in [1.165, 1.54) is 62.2 Å². The van der Waals surface area contributed by atoms with Crippen LogP contribution in [0, 0.1) is 0 Å². The first-order chi connectivity index (χ1) is 21.3. The monoisotopic (exact) mass is 584 g/mol. The Morgan fingerprint density at radius 2 is 1.19 bits per heavy atom. The van der Waals surface area contributed by atoms with Gasteiger partial charge in [-0.05, 0) is 83.2 Å². The fourth-order valence-corrected chi connectivity index (χ4v) is 8.62. The summed E-state index contributed by atoms with van der Waals surface area (Å²) in [5.41, 5.74) is 5.92. The molecule has 0 saturated heterocycles. The van der Waals surface area contributed by atoms with Gasteiger partial charge in [0.1, 0.15) is 0 Å². The molecule has 0 fully saturated rings. The normalized spacial score (nSPS) is 11.7. The summed E-state index contributed by atoms with van der Waals surface area (Å²) in [4.78, 5) is 6.69. The molecule has 43 heavy (non-hydrogen) atoms. The molecule has 3 aromatic heterocycles. The molecule has 0 aliphatic carbocycles. The highest BCUT2D eigenvalue weighted by atomic mass is 32.1. The number of rotatable bonds is 4. The van der Waals surface area contributed by atoms with Crippen LogP contribution in [0.1, 0.15) is 0 Å². The molecule has 0 aliphatic heterocycles. The molecule has 3 heterocycles. The SMILES string of the molecule is c1ccc(N(c2ccc(-c3cccc4sc5cc6cnccc6cc5c34)cc2)c2ccc3c(c2)sc2ccccc23)cc1. The molecule has 0 radical (unpaired) electrons. The van der Waals surface area contributed by atoms with Crippen LogP contribution in [0.4, 0.5) is 17.1 Å². The van der Waals surface area contributed by atoms with E-state index in [0.29, 0.717) is 0 Å². The van der Waals surface area contributed by atoms with Gasteiger partial charge in [0.25, 0.3) is 0 Å². The minimum Gasteiger partial charge on any atom is -0.310 e. The highest BCUT2D eigenvalue weighted by molar-refractivity contribution is 7.26. The van der Waals surface area contributed by atoms with E-state index in [-0.39, 0.29) is 0 Å². The minimum absolute atomic E-state index is 1.14. The molecule has 0 saturated carbocycles. The van der Waals surface area contributed by atoms with Crippen LogP contribution in [0.25, 0.3) is 62.2 Å². The van der Waals surface area contributed by atoms with E-state index in [1.54, 1.807) is 0 Å². The lowest BCUT2D eigenvalue weighted by Gasteiger charge is -2.25. The summed E-state index contributed by atoms with van der Waals surface area (Å²) in [5.74, 6) is 0. The summed E-state index contributed by atoms with van der Waals surface area (Å²) in [5, 5.41) is 7.67. The molecule has 0 unspecified atom stereocenters. The van der Waals surface area contributed by atoms with Crippen molar-refractivity contribution in [3.63, 3.8) is 0 Å². The molecule has 4 heteroatoms. The van der Waals surface area contributed by atoms with Gasteiger partial charge in [-0.2, -0.15) is 0 Å². The average Bonchev–Trinajstić information content (AvgIpc) is 3.62. The predicted molar refractivity (Wildman–Crippen MR) is 188 cm³/mol. The molecule has 9 aromatic rings. The lowest BCUT2D eigenvalue weighted by atomic mass is 9.98. The summed E-state index contributed by atoms with van der Waals surface area (Å²) in [6.45, 7) is 0. The van der Waals surface area contributed by atoms with Crippen molar-refractivity contribution in [2.75, 3.05) is 4.90 Å². The van der Waals surface area contributed by atoms with Crippen LogP contribution in [-0.4, -0.2) is 4.98 Å².